The monoisotopic (exact) mass is 334 g/mol. The van der Waals surface area contributed by atoms with Crippen LogP contribution in [0.4, 0.5) is 0 Å². The zero-order valence-corrected chi connectivity index (χ0v) is 15.8. The summed E-state index contributed by atoms with van der Waals surface area (Å²) in [5.74, 6) is 0. The third-order valence-corrected chi connectivity index (χ3v) is 10.00. The van der Waals surface area contributed by atoms with Crippen molar-refractivity contribution < 1.29 is 17.0 Å². The lowest BCUT2D eigenvalue weighted by Gasteiger charge is -2.35. The minimum absolute atomic E-state index is 0.123. The number of rotatable bonds is 6. The molecule has 6 heteroatoms. The fourth-order valence-corrected chi connectivity index (χ4v) is 3.91. The molecule has 0 unspecified atom stereocenters. The number of hydrogen-bond donors (Lipinski definition) is 0. The first kappa shape index (κ1) is 18.9. The molecule has 4 nitrogen and oxygen atoms in total. The standard InChI is InChI=1S/C15H30O4SSi/c1-15(2,3)21(4,5)18-12-9-13-20(16,17)19-14-10-7-6-8-11-14/h9,13-14H,6-8,10-12H2,1-5H3/b13-9+. The van der Waals surface area contributed by atoms with Gasteiger partial charge in [0.25, 0.3) is 10.1 Å². The van der Waals surface area contributed by atoms with Crippen LogP contribution in [-0.2, 0) is 18.7 Å². The van der Waals surface area contributed by atoms with E-state index in [-0.39, 0.29) is 11.1 Å². The van der Waals surface area contributed by atoms with Crippen molar-refractivity contribution in [2.75, 3.05) is 6.61 Å². The van der Waals surface area contributed by atoms with Crippen LogP contribution in [0.5, 0.6) is 0 Å². The molecule has 0 aromatic carbocycles. The molecule has 0 spiro atoms. The second kappa shape index (κ2) is 7.40. The topological polar surface area (TPSA) is 52.6 Å². The van der Waals surface area contributed by atoms with Gasteiger partial charge in [-0.3, -0.25) is 4.18 Å². The van der Waals surface area contributed by atoms with E-state index in [1.165, 1.54) is 6.42 Å². The van der Waals surface area contributed by atoms with E-state index in [9.17, 15) is 8.42 Å². The van der Waals surface area contributed by atoms with E-state index in [0.717, 1.165) is 31.1 Å². The lowest BCUT2D eigenvalue weighted by Crippen LogP contribution is -2.40. The van der Waals surface area contributed by atoms with Crippen LogP contribution in [0.3, 0.4) is 0 Å². The molecule has 1 aliphatic rings. The highest BCUT2D eigenvalue weighted by Crippen LogP contribution is 2.36. The van der Waals surface area contributed by atoms with Crippen LogP contribution in [0, 0.1) is 0 Å². The van der Waals surface area contributed by atoms with Crippen LogP contribution in [0.1, 0.15) is 52.9 Å². The molecular formula is C15H30O4SSi. The molecule has 1 saturated carbocycles. The van der Waals surface area contributed by atoms with Gasteiger partial charge >= 0.3 is 0 Å². The Balaban J connectivity index is 2.44. The van der Waals surface area contributed by atoms with Gasteiger partial charge in [-0.1, -0.05) is 40.0 Å². The Hall–Kier alpha value is -0.173. The van der Waals surface area contributed by atoms with E-state index in [2.05, 4.69) is 33.9 Å². The Kier molecular flexibility index (Phi) is 6.65. The zero-order valence-electron chi connectivity index (χ0n) is 14.0. The summed E-state index contributed by atoms with van der Waals surface area (Å²) in [5, 5.41) is 1.27. The van der Waals surface area contributed by atoms with Gasteiger partial charge in [-0.2, -0.15) is 8.42 Å². The highest BCUT2D eigenvalue weighted by atomic mass is 32.2. The third-order valence-electron chi connectivity index (χ3n) is 4.43. The van der Waals surface area contributed by atoms with Crippen molar-refractivity contribution in [3.05, 3.63) is 11.5 Å². The Morgan fingerprint density at radius 3 is 2.24 bits per heavy atom. The summed E-state index contributed by atoms with van der Waals surface area (Å²) in [4.78, 5) is 0. The van der Waals surface area contributed by atoms with Crippen LogP contribution in [0.2, 0.25) is 18.1 Å². The summed E-state index contributed by atoms with van der Waals surface area (Å²) in [6, 6.07) is 0. The zero-order chi connectivity index (χ0) is 16.1. The average Bonchev–Trinajstić information content (AvgIpc) is 2.34. The molecule has 0 aromatic heterocycles. The van der Waals surface area contributed by atoms with E-state index in [4.69, 9.17) is 8.61 Å². The second-order valence-electron chi connectivity index (χ2n) is 7.29. The molecule has 124 valence electrons. The normalized spacial score (nSPS) is 19.3. The van der Waals surface area contributed by atoms with E-state index < -0.39 is 18.4 Å². The lowest BCUT2D eigenvalue weighted by atomic mass is 9.98. The molecule has 21 heavy (non-hydrogen) atoms. The maximum atomic E-state index is 11.9. The van der Waals surface area contributed by atoms with Crippen molar-refractivity contribution in [1.82, 2.24) is 0 Å². The molecule has 0 radical (unpaired) electrons. The summed E-state index contributed by atoms with van der Waals surface area (Å²) >= 11 is 0. The molecule has 1 fully saturated rings. The Labute approximate surface area is 131 Å². The SMILES string of the molecule is CC(C)(C)[Si](C)(C)OC/C=C/S(=O)(=O)OC1CCCCC1. The van der Waals surface area contributed by atoms with Gasteiger partial charge in [0.1, 0.15) is 0 Å². The van der Waals surface area contributed by atoms with Gasteiger partial charge in [0.15, 0.2) is 8.32 Å². The molecule has 0 amide bonds. The quantitative estimate of drug-likeness (QED) is 0.539. The predicted molar refractivity (Wildman–Crippen MR) is 89.2 cm³/mol. The minimum Gasteiger partial charge on any atom is -0.413 e. The van der Waals surface area contributed by atoms with Crippen molar-refractivity contribution in [1.29, 1.82) is 0 Å². The van der Waals surface area contributed by atoms with Crippen molar-refractivity contribution >= 4 is 18.4 Å². The second-order valence-corrected chi connectivity index (χ2v) is 13.6. The van der Waals surface area contributed by atoms with Crippen LogP contribution >= 0.6 is 0 Å². The first-order valence-corrected chi connectivity index (χ1v) is 12.2. The summed E-state index contributed by atoms with van der Waals surface area (Å²) in [6.07, 6.45) is 6.38. The molecule has 0 saturated heterocycles. The van der Waals surface area contributed by atoms with Gasteiger partial charge in [0, 0.05) is 0 Å². The molecule has 0 aromatic rings. The van der Waals surface area contributed by atoms with Crippen LogP contribution < -0.4 is 0 Å². The first-order valence-electron chi connectivity index (χ1n) is 7.77. The predicted octanol–water partition coefficient (Wildman–Crippen LogP) is 4.20. The van der Waals surface area contributed by atoms with Gasteiger partial charge in [-0.05, 0) is 37.0 Å². The largest absolute Gasteiger partial charge is 0.413 e. The lowest BCUT2D eigenvalue weighted by molar-refractivity contribution is 0.165. The van der Waals surface area contributed by atoms with E-state index in [1.54, 1.807) is 6.08 Å². The molecular weight excluding hydrogens is 304 g/mol. The Morgan fingerprint density at radius 1 is 1.14 bits per heavy atom. The van der Waals surface area contributed by atoms with Crippen molar-refractivity contribution in [3.63, 3.8) is 0 Å². The van der Waals surface area contributed by atoms with E-state index in [1.807, 2.05) is 0 Å². The maximum absolute atomic E-state index is 11.9. The highest BCUT2D eigenvalue weighted by molar-refractivity contribution is 7.89. The summed E-state index contributed by atoms with van der Waals surface area (Å²) in [5.41, 5.74) is 0. The van der Waals surface area contributed by atoms with Crippen LogP contribution in [0.15, 0.2) is 11.5 Å². The molecule has 0 N–H and O–H groups in total. The van der Waals surface area contributed by atoms with Crippen LogP contribution in [-0.4, -0.2) is 29.4 Å². The molecule has 1 rings (SSSR count). The minimum atomic E-state index is -3.58. The molecule has 1 aliphatic carbocycles. The van der Waals surface area contributed by atoms with Crippen LogP contribution in [0.25, 0.3) is 0 Å². The van der Waals surface area contributed by atoms with Gasteiger partial charge in [0.2, 0.25) is 0 Å². The molecule has 0 atom stereocenters. The fourth-order valence-electron chi connectivity index (χ4n) is 2.01. The summed E-state index contributed by atoms with van der Waals surface area (Å²) < 4.78 is 34.9. The molecule has 0 bridgehead atoms. The van der Waals surface area contributed by atoms with E-state index in [0.29, 0.717) is 6.61 Å². The van der Waals surface area contributed by atoms with Gasteiger partial charge in [-0.25, -0.2) is 0 Å². The van der Waals surface area contributed by atoms with Gasteiger partial charge < -0.3 is 4.43 Å². The Morgan fingerprint density at radius 2 is 1.71 bits per heavy atom. The van der Waals surface area contributed by atoms with E-state index >= 15 is 0 Å². The number of hydrogen-bond acceptors (Lipinski definition) is 4. The fraction of sp³-hybridized carbons (Fsp3) is 0.867. The highest BCUT2D eigenvalue weighted by Gasteiger charge is 2.36. The molecule has 0 heterocycles. The summed E-state index contributed by atoms with van der Waals surface area (Å²) in [7, 11) is -5.41. The van der Waals surface area contributed by atoms with Crippen molar-refractivity contribution in [2.24, 2.45) is 0 Å². The summed E-state index contributed by atoms with van der Waals surface area (Å²) in [6.45, 7) is 11.1. The maximum Gasteiger partial charge on any atom is 0.290 e. The average molecular weight is 335 g/mol. The van der Waals surface area contributed by atoms with Gasteiger partial charge in [-0.15, -0.1) is 0 Å². The Bertz CT molecular complexity index is 443. The van der Waals surface area contributed by atoms with Gasteiger partial charge in [0.05, 0.1) is 18.1 Å². The molecule has 0 aliphatic heterocycles. The van der Waals surface area contributed by atoms with Crippen molar-refractivity contribution in [2.45, 2.75) is 77.1 Å². The first-order chi connectivity index (χ1) is 9.54. The van der Waals surface area contributed by atoms with Crippen molar-refractivity contribution in [3.8, 4) is 0 Å². The third kappa shape index (κ3) is 6.63. The smallest absolute Gasteiger partial charge is 0.290 e.